The van der Waals surface area contributed by atoms with Crippen molar-refractivity contribution < 1.29 is 9.59 Å². The van der Waals surface area contributed by atoms with Gasteiger partial charge in [-0.25, -0.2) is 4.98 Å². The number of hydrogen-bond donors (Lipinski definition) is 2. The van der Waals surface area contributed by atoms with Crippen LogP contribution < -0.4 is 10.6 Å². The predicted molar refractivity (Wildman–Crippen MR) is 121 cm³/mol. The molecule has 0 saturated carbocycles. The number of nitrogens with one attached hydrogen (secondary N) is 2. The first-order valence-electron chi connectivity index (χ1n) is 10.3. The molecule has 162 valence electrons. The van der Waals surface area contributed by atoms with Crippen LogP contribution in [0.1, 0.15) is 23.0 Å². The van der Waals surface area contributed by atoms with Crippen molar-refractivity contribution in [3.8, 4) is 0 Å². The molecule has 0 radical (unpaired) electrons. The number of benzene rings is 2. The number of aromatic nitrogens is 4. The number of imidazole rings is 1. The summed E-state index contributed by atoms with van der Waals surface area (Å²) in [5.41, 5.74) is 1.98. The molecule has 0 aliphatic rings. The van der Waals surface area contributed by atoms with Crippen molar-refractivity contribution in [2.24, 2.45) is 7.05 Å². The zero-order chi connectivity index (χ0) is 22.3. The van der Waals surface area contributed by atoms with Crippen LogP contribution in [0, 0.1) is 0 Å². The quantitative estimate of drug-likeness (QED) is 0.443. The van der Waals surface area contributed by atoms with Gasteiger partial charge in [-0.2, -0.15) is 5.10 Å². The molecule has 2 aromatic carbocycles. The van der Waals surface area contributed by atoms with Gasteiger partial charge in [-0.3, -0.25) is 14.3 Å². The lowest BCUT2D eigenvalue weighted by molar-refractivity contribution is -0.136. The molecule has 0 aliphatic heterocycles. The molecule has 0 fully saturated rings. The predicted octanol–water partition coefficient (Wildman–Crippen LogP) is 2.70. The van der Waals surface area contributed by atoms with Crippen molar-refractivity contribution in [1.82, 2.24) is 24.6 Å². The fourth-order valence-corrected chi connectivity index (χ4v) is 3.40. The van der Waals surface area contributed by atoms with E-state index < -0.39 is 17.9 Å². The standard InChI is InChI=1S/C24H24N6O2/c1-29-15-13-25-22(29)16-20(19-10-6-3-7-11-19)26-23(31)24(32)27-21-12-14-30(28-21)17-18-8-4-2-5-9-18/h2-15,20H,16-17H2,1H3,(H,26,31)(H,27,28,32). The molecule has 2 heterocycles. The zero-order valence-electron chi connectivity index (χ0n) is 17.7. The van der Waals surface area contributed by atoms with Crippen molar-refractivity contribution in [2.45, 2.75) is 19.0 Å². The van der Waals surface area contributed by atoms with Crippen LogP contribution >= 0.6 is 0 Å². The van der Waals surface area contributed by atoms with E-state index >= 15 is 0 Å². The number of hydrogen-bond acceptors (Lipinski definition) is 4. The summed E-state index contributed by atoms with van der Waals surface area (Å²) in [5.74, 6) is -0.373. The zero-order valence-corrected chi connectivity index (χ0v) is 17.7. The Morgan fingerprint density at radius 3 is 2.34 bits per heavy atom. The average Bonchev–Trinajstić information content (AvgIpc) is 3.43. The molecule has 0 saturated heterocycles. The normalized spacial score (nSPS) is 11.7. The largest absolute Gasteiger partial charge is 0.341 e. The summed E-state index contributed by atoms with van der Waals surface area (Å²) in [6, 6.07) is 20.7. The molecule has 0 spiro atoms. The van der Waals surface area contributed by atoms with Crippen LogP contribution in [-0.4, -0.2) is 31.1 Å². The number of amides is 2. The summed E-state index contributed by atoms with van der Waals surface area (Å²) in [4.78, 5) is 29.5. The van der Waals surface area contributed by atoms with Gasteiger partial charge in [0.1, 0.15) is 5.82 Å². The highest BCUT2D eigenvalue weighted by Crippen LogP contribution is 2.17. The van der Waals surface area contributed by atoms with Crippen molar-refractivity contribution in [3.63, 3.8) is 0 Å². The molecule has 32 heavy (non-hydrogen) atoms. The van der Waals surface area contributed by atoms with Gasteiger partial charge in [0.05, 0.1) is 12.6 Å². The molecule has 2 N–H and O–H groups in total. The van der Waals surface area contributed by atoms with Crippen molar-refractivity contribution >= 4 is 17.6 Å². The third kappa shape index (κ3) is 5.28. The number of rotatable bonds is 7. The minimum Gasteiger partial charge on any atom is -0.341 e. The maximum Gasteiger partial charge on any atom is 0.314 e. The first-order chi connectivity index (χ1) is 15.6. The van der Waals surface area contributed by atoms with Gasteiger partial charge in [0, 0.05) is 38.1 Å². The van der Waals surface area contributed by atoms with Crippen LogP contribution in [0.2, 0.25) is 0 Å². The van der Waals surface area contributed by atoms with Crippen LogP contribution in [0.3, 0.4) is 0 Å². The van der Waals surface area contributed by atoms with Gasteiger partial charge in [0.2, 0.25) is 0 Å². The Bertz CT molecular complexity index is 1180. The third-order valence-corrected chi connectivity index (χ3v) is 5.09. The first-order valence-corrected chi connectivity index (χ1v) is 10.3. The lowest BCUT2D eigenvalue weighted by atomic mass is 10.0. The van der Waals surface area contributed by atoms with E-state index in [4.69, 9.17) is 0 Å². The third-order valence-electron chi connectivity index (χ3n) is 5.09. The molecule has 2 aromatic heterocycles. The molecular weight excluding hydrogens is 404 g/mol. The number of carbonyl (C=O) groups excluding carboxylic acids is 2. The average molecular weight is 428 g/mol. The van der Waals surface area contributed by atoms with Crippen LogP contribution in [0.25, 0.3) is 0 Å². The van der Waals surface area contributed by atoms with Crippen molar-refractivity contribution in [1.29, 1.82) is 0 Å². The molecule has 2 amide bonds. The maximum atomic E-state index is 12.7. The van der Waals surface area contributed by atoms with Crippen molar-refractivity contribution in [3.05, 3.63) is 102 Å². The van der Waals surface area contributed by atoms with Gasteiger partial charge < -0.3 is 15.2 Å². The number of anilines is 1. The Morgan fingerprint density at radius 2 is 1.66 bits per heavy atom. The second kappa shape index (κ2) is 9.74. The highest BCUT2D eigenvalue weighted by molar-refractivity contribution is 6.39. The molecule has 4 aromatic rings. The molecule has 0 aliphatic carbocycles. The summed E-state index contributed by atoms with van der Waals surface area (Å²) < 4.78 is 3.60. The Labute approximate surface area is 185 Å². The summed E-state index contributed by atoms with van der Waals surface area (Å²) in [5, 5.41) is 9.73. The topological polar surface area (TPSA) is 93.8 Å². The van der Waals surface area contributed by atoms with Crippen LogP contribution in [-0.2, 0) is 29.6 Å². The van der Waals surface area contributed by atoms with Crippen LogP contribution in [0.15, 0.2) is 85.3 Å². The Hall–Kier alpha value is -4.20. The SMILES string of the molecule is Cn1ccnc1CC(NC(=O)C(=O)Nc1ccn(Cc2ccccc2)n1)c1ccccc1. The summed E-state index contributed by atoms with van der Waals surface area (Å²) in [6.07, 6.45) is 5.77. The van der Waals surface area contributed by atoms with Gasteiger partial charge in [0.25, 0.3) is 0 Å². The molecular formula is C24H24N6O2. The fourth-order valence-electron chi connectivity index (χ4n) is 3.40. The van der Waals surface area contributed by atoms with E-state index in [0.29, 0.717) is 18.8 Å². The van der Waals surface area contributed by atoms with Gasteiger partial charge in [0.15, 0.2) is 5.82 Å². The summed E-state index contributed by atoms with van der Waals surface area (Å²) >= 11 is 0. The number of carbonyl (C=O) groups is 2. The van der Waals surface area contributed by atoms with Crippen LogP contribution in [0.5, 0.6) is 0 Å². The van der Waals surface area contributed by atoms with E-state index in [-0.39, 0.29) is 0 Å². The molecule has 8 heteroatoms. The summed E-state index contributed by atoms with van der Waals surface area (Å²) in [7, 11) is 1.89. The van der Waals surface area contributed by atoms with E-state index in [9.17, 15) is 9.59 Å². The van der Waals surface area contributed by atoms with E-state index in [1.54, 1.807) is 23.1 Å². The van der Waals surface area contributed by atoms with Gasteiger partial charge in [-0.15, -0.1) is 0 Å². The van der Waals surface area contributed by atoms with Gasteiger partial charge >= 0.3 is 11.8 Å². The van der Waals surface area contributed by atoms with E-state index in [1.807, 2.05) is 78.5 Å². The lowest BCUT2D eigenvalue weighted by Crippen LogP contribution is -2.39. The molecule has 1 atom stereocenters. The molecule has 8 nitrogen and oxygen atoms in total. The van der Waals surface area contributed by atoms with E-state index in [2.05, 4.69) is 20.7 Å². The van der Waals surface area contributed by atoms with Crippen LogP contribution in [0.4, 0.5) is 5.82 Å². The smallest absolute Gasteiger partial charge is 0.314 e. The molecule has 4 rings (SSSR count). The molecule has 0 bridgehead atoms. The minimum atomic E-state index is -0.768. The van der Waals surface area contributed by atoms with E-state index in [0.717, 1.165) is 17.0 Å². The Kier molecular flexibility index (Phi) is 6.41. The second-order valence-corrected chi connectivity index (χ2v) is 7.43. The monoisotopic (exact) mass is 428 g/mol. The van der Waals surface area contributed by atoms with Crippen molar-refractivity contribution in [2.75, 3.05) is 5.32 Å². The Balaban J connectivity index is 1.41. The highest BCUT2D eigenvalue weighted by atomic mass is 16.2. The van der Waals surface area contributed by atoms with Gasteiger partial charge in [-0.1, -0.05) is 60.7 Å². The Morgan fingerprint density at radius 1 is 0.938 bits per heavy atom. The maximum absolute atomic E-state index is 12.7. The minimum absolute atomic E-state index is 0.321. The second-order valence-electron chi connectivity index (χ2n) is 7.43. The fraction of sp³-hybridized carbons (Fsp3) is 0.167. The highest BCUT2D eigenvalue weighted by Gasteiger charge is 2.22. The van der Waals surface area contributed by atoms with Gasteiger partial charge in [-0.05, 0) is 11.1 Å². The van der Waals surface area contributed by atoms with E-state index in [1.165, 1.54) is 0 Å². The first kappa shape index (κ1) is 21.0. The number of aryl methyl sites for hydroxylation is 1. The molecule has 1 unspecified atom stereocenters. The lowest BCUT2D eigenvalue weighted by Gasteiger charge is -2.18. The number of nitrogens with zero attached hydrogens (tertiary/aromatic N) is 4. The summed E-state index contributed by atoms with van der Waals surface area (Å²) in [6.45, 7) is 0.572.